The van der Waals surface area contributed by atoms with Crippen molar-refractivity contribution in [1.29, 1.82) is 0 Å². The first-order valence-corrected chi connectivity index (χ1v) is 12.3. The van der Waals surface area contributed by atoms with Crippen LogP contribution in [0.2, 0.25) is 5.02 Å². The monoisotopic (exact) mass is 495 g/mol. The number of carbonyl (C=O) groups is 2. The number of hydrogen-bond acceptors (Lipinski definition) is 6. The number of sulfonamides is 1. The maximum absolute atomic E-state index is 12.6. The molecular weight excluding hydrogens is 470 g/mol. The highest BCUT2D eigenvalue weighted by atomic mass is 35.5. The smallest absolute Gasteiger partial charge is 0.269 e. The molecule has 1 aliphatic heterocycles. The average molecular weight is 496 g/mol. The summed E-state index contributed by atoms with van der Waals surface area (Å²) >= 11 is 6.23. The van der Waals surface area contributed by atoms with Gasteiger partial charge in [0.1, 0.15) is 0 Å². The van der Waals surface area contributed by atoms with Crippen LogP contribution in [-0.4, -0.2) is 51.3 Å². The Morgan fingerprint density at radius 3 is 2.21 bits per heavy atom. The van der Waals surface area contributed by atoms with Gasteiger partial charge in [-0.25, -0.2) is 8.42 Å². The summed E-state index contributed by atoms with van der Waals surface area (Å²) in [4.78, 5) is 25.0. The van der Waals surface area contributed by atoms with Gasteiger partial charge in [0.05, 0.1) is 23.6 Å². The highest BCUT2D eigenvalue weighted by molar-refractivity contribution is 7.89. The van der Waals surface area contributed by atoms with Crippen molar-refractivity contribution in [3.8, 4) is 11.5 Å². The molecule has 0 aliphatic carbocycles. The highest BCUT2D eigenvalue weighted by Crippen LogP contribution is 2.36. The number of hydrogen-bond donors (Lipinski definition) is 2. The molecule has 0 saturated carbocycles. The van der Waals surface area contributed by atoms with E-state index in [1.165, 1.54) is 47.8 Å². The van der Waals surface area contributed by atoms with Crippen LogP contribution in [0.25, 0.3) is 0 Å². The topological polar surface area (TPSA) is 114 Å². The summed E-state index contributed by atoms with van der Waals surface area (Å²) < 4.78 is 37.4. The molecular formula is C22H26ClN3O6S. The fraction of sp³-hybridized carbons (Fsp3) is 0.364. The van der Waals surface area contributed by atoms with Crippen LogP contribution in [0.15, 0.2) is 41.3 Å². The van der Waals surface area contributed by atoms with Crippen molar-refractivity contribution in [3.05, 3.63) is 52.5 Å². The Kier molecular flexibility index (Phi) is 8.17. The Balaban J connectivity index is 1.64. The van der Waals surface area contributed by atoms with Crippen molar-refractivity contribution >= 4 is 33.4 Å². The number of halogens is 1. The fourth-order valence-corrected chi connectivity index (χ4v) is 5.09. The quantitative estimate of drug-likeness (QED) is 0.544. The van der Waals surface area contributed by atoms with Gasteiger partial charge < -0.3 is 9.47 Å². The Hall–Kier alpha value is -2.82. The number of ether oxygens (including phenoxy) is 2. The molecule has 0 atom stereocenters. The fourth-order valence-electron chi connectivity index (χ4n) is 3.31. The summed E-state index contributed by atoms with van der Waals surface area (Å²) in [5, 5.41) is 0.203. The summed E-state index contributed by atoms with van der Waals surface area (Å²) in [5.74, 6) is -0.582. The van der Waals surface area contributed by atoms with Gasteiger partial charge in [-0.2, -0.15) is 4.31 Å². The number of rotatable bonds is 8. The average Bonchev–Trinajstić information content (AvgIpc) is 3.37. The van der Waals surface area contributed by atoms with E-state index in [1.807, 2.05) is 6.92 Å². The van der Waals surface area contributed by atoms with Gasteiger partial charge in [0.25, 0.3) is 11.8 Å². The zero-order chi connectivity index (χ0) is 24.0. The summed E-state index contributed by atoms with van der Waals surface area (Å²) in [6.07, 6.45) is 2.45. The lowest BCUT2D eigenvalue weighted by Gasteiger charge is -2.15. The van der Waals surface area contributed by atoms with Crippen LogP contribution in [-0.2, 0) is 10.0 Å². The molecule has 2 aromatic carbocycles. The lowest BCUT2D eigenvalue weighted by atomic mass is 10.2. The van der Waals surface area contributed by atoms with Gasteiger partial charge in [0, 0.05) is 24.2 Å². The number of carbonyl (C=O) groups excluding carboxylic acids is 2. The second kappa shape index (κ2) is 10.9. The predicted octanol–water partition coefficient (Wildman–Crippen LogP) is 3.00. The summed E-state index contributed by atoms with van der Waals surface area (Å²) in [6.45, 7) is 3.38. The van der Waals surface area contributed by atoms with Crippen LogP contribution in [0.5, 0.6) is 11.5 Å². The summed E-state index contributed by atoms with van der Waals surface area (Å²) in [7, 11) is -2.13. The molecule has 2 aromatic rings. The van der Waals surface area contributed by atoms with Crippen molar-refractivity contribution in [2.45, 2.75) is 31.1 Å². The number of benzene rings is 2. The van der Waals surface area contributed by atoms with Crippen molar-refractivity contribution in [2.75, 3.05) is 26.8 Å². The summed E-state index contributed by atoms with van der Waals surface area (Å²) in [6, 6.07) is 8.41. The third-order valence-corrected chi connectivity index (χ3v) is 7.24. The molecule has 0 spiro atoms. The van der Waals surface area contributed by atoms with E-state index in [1.54, 1.807) is 0 Å². The van der Waals surface area contributed by atoms with Crippen LogP contribution in [0.4, 0.5) is 0 Å². The Morgan fingerprint density at radius 2 is 1.64 bits per heavy atom. The first-order chi connectivity index (χ1) is 15.8. The highest BCUT2D eigenvalue weighted by Gasteiger charge is 2.27. The standard InChI is InChI=1S/C22H26ClN3O6S/c1-3-12-32-20-18(23)13-16(14-19(20)31-2)22(28)25-24-21(27)15-6-8-17(9-7-15)33(29,30)26-10-4-5-11-26/h6-9,13-14H,3-5,10-12H2,1-2H3,(H,24,27)(H,25,28). The molecule has 0 unspecified atom stereocenters. The molecule has 0 bridgehead atoms. The molecule has 178 valence electrons. The molecule has 2 amide bonds. The Bertz CT molecular complexity index is 1120. The molecule has 3 rings (SSSR count). The SMILES string of the molecule is CCCOc1c(Cl)cc(C(=O)NNC(=O)c2ccc(S(=O)(=O)N3CCCC3)cc2)cc1OC. The number of amides is 2. The molecule has 0 aromatic heterocycles. The minimum Gasteiger partial charge on any atom is -0.493 e. The van der Waals surface area contributed by atoms with E-state index in [0.29, 0.717) is 31.2 Å². The molecule has 1 heterocycles. The number of nitrogens with zero attached hydrogens (tertiary/aromatic N) is 1. The lowest BCUT2D eigenvalue weighted by molar-refractivity contribution is 0.0846. The molecule has 1 saturated heterocycles. The van der Waals surface area contributed by atoms with Crippen LogP contribution >= 0.6 is 11.6 Å². The molecule has 9 nitrogen and oxygen atoms in total. The van der Waals surface area contributed by atoms with Gasteiger partial charge in [0.2, 0.25) is 10.0 Å². The zero-order valence-corrected chi connectivity index (χ0v) is 20.0. The molecule has 2 N–H and O–H groups in total. The van der Waals surface area contributed by atoms with Crippen molar-refractivity contribution in [2.24, 2.45) is 0 Å². The van der Waals surface area contributed by atoms with Crippen molar-refractivity contribution in [3.63, 3.8) is 0 Å². The molecule has 1 aliphatic rings. The number of nitrogens with one attached hydrogen (secondary N) is 2. The Labute approximate surface area is 198 Å². The second-order valence-electron chi connectivity index (χ2n) is 7.38. The molecule has 11 heteroatoms. The van der Waals surface area contributed by atoms with Gasteiger partial charge in [-0.15, -0.1) is 0 Å². The normalized spacial score (nSPS) is 14.0. The van der Waals surface area contributed by atoms with E-state index in [9.17, 15) is 18.0 Å². The van der Waals surface area contributed by atoms with E-state index in [-0.39, 0.29) is 21.0 Å². The first kappa shape index (κ1) is 24.8. The van der Waals surface area contributed by atoms with Crippen LogP contribution in [0.1, 0.15) is 46.9 Å². The third-order valence-electron chi connectivity index (χ3n) is 5.05. The van der Waals surface area contributed by atoms with Gasteiger partial charge in [-0.05, 0) is 55.7 Å². The van der Waals surface area contributed by atoms with E-state index < -0.39 is 21.8 Å². The molecule has 0 radical (unpaired) electrons. The van der Waals surface area contributed by atoms with E-state index in [2.05, 4.69) is 10.9 Å². The second-order valence-corrected chi connectivity index (χ2v) is 9.73. The Morgan fingerprint density at radius 1 is 1.03 bits per heavy atom. The van der Waals surface area contributed by atoms with Gasteiger partial charge in [-0.1, -0.05) is 18.5 Å². The maximum Gasteiger partial charge on any atom is 0.269 e. The van der Waals surface area contributed by atoms with Gasteiger partial charge in [0.15, 0.2) is 11.5 Å². The predicted molar refractivity (Wildman–Crippen MR) is 123 cm³/mol. The summed E-state index contributed by atoms with van der Waals surface area (Å²) in [5.41, 5.74) is 4.96. The number of hydrazine groups is 1. The third kappa shape index (κ3) is 5.76. The molecule has 1 fully saturated rings. The zero-order valence-electron chi connectivity index (χ0n) is 18.4. The molecule has 33 heavy (non-hydrogen) atoms. The minimum atomic E-state index is -3.57. The minimum absolute atomic E-state index is 0.122. The van der Waals surface area contributed by atoms with Crippen molar-refractivity contribution < 1.29 is 27.5 Å². The van der Waals surface area contributed by atoms with Crippen LogP contribution in [0, 0.1) is 0 Å². The van der Waals surface area contributed by atoms with Crippen molar-refractivity contribution in [1.82, 2.24) is 15.2 Å². The van der Waals surface area contributed by atoms with E-state index >= 15 is 0 Å². The van der Waals surface area contributed by atoms with Crippen LogP contribution in [0.3, 0.4) is 0 Å². The lowest BCUT2D eigenvalue weighted by Crippen LogP contribution is -2.41. The largest absolute Gasteiger partial charge is 0.493 e. The van der Waals surface area contributed by atoms with Gasteiger partial charge in [-0.3, -0.25) is 20.4 Å². The van der Waals surface area contributed by atoms with E-state index in [4.69, 9.17) is 21.1 Å². The first-order valence-electron chi connectivity index (χ1n) is 10.5. The van der Waals surface area contributed by atoms with Crippen LogP contribution < -0.4 is 20.3 Å². The van der Waals surface area contributed by atoms with Gasteiger partial charge >= 0.3 is 0 Å². The maximum atomic E-state index is 12.6. The van der Waals surface area contributed by atoms with E-state index in [0.717, 1.165) is 19.3 Å². The number of methoxy groups -OCH3 is 1.